The van der Waals surface area contributed by atoms with E-state index in [-0.39, 0.29) is 5.91 Å². The fraction of sp³-hybridized carbons (Fsp3) is 0. The molecular weight excluding hydrogens is 244 g/mol. The minimum atomic E-state index is -0.334. The van der Waals surface area contributed by atoms with Gasteiger partial charge in [0.25, 0.3) is 0 Å². The molecule has 0 fully saturated rings. The summed E-state index contributed by atoms with van der Waals surface area (Å²) < 4.78 is 0.802. The topological polar surface area (TPSA) is 52.9 Å². The van der Waals surface area contributed by atoms with Crippen LogP contribution in [-0.2, 0) is 4.79 Å². The van der Waals surface area contributed by atoms with E-state index < -0.39 is 0 Å². The quantitative estimate of drug-likeness (QED) is 0.820. The summed E-state index contributed by atoms with van der Waals surface area (Å²) in [5.74, 6) is -0.334. The zero-order valence-corrected chi connectivity index (χ0v) is 8.84. The lowest BCUT2D eigenvalue weighted by Gasteiger charge is -2.04. The van der Waals surface area contributed by atoms with Crippen LogP contribution >= 0.6 is 15.9 Å². The Kier molecular flexibility index (Phi) is 3.43. The molecule has 0 radical (unpaired) electrons. The van der Waals surface area contributed by atoms with Gasteiger partial charge in [-0.3, -0.25) is 4.79 Å². The first kappa shape index (κ1) is 10.5. The fourth-order valence-corrected chi connectivity index (χ4v) is 1.26. The van der Waals surface area contributed by atoms with Crippen LogP contribution < -0.4 is 5.32 Å². The summed E-state index contributed by atoms with van der Waals surface area (Å²) in [4.78, 5) is 11.0. The van der Waals surface area contributed by atoms with Crippen LogP contribution in [0.25, 0.3) is 0 Å². The molecule has 0 aliphatic rings. The van der Waals surface area contributed by atoms with Crippen molar-refractivity contribution in [1.82, 2.24) is 0 Å². The number of nitriles is 1. The third-order valence-electron chi connectivity index (χ3n) is 1.55. The number of nitrogens with one attached hydrogen (secondary N) is 1. The lowest BCUT2D eigenvalue weighted by atomic mass is 10.2. The van der Waals surface area contributed by atoms with Crippen molar-refractivity contribution in [3.05, 3.63) is 40.9 Å². The van der Waals surface area contributed by atoms with Crippen molar-refractivity contribution >= 4 is 27.5 Å². The highest BCUT2D eigenvalue weighted by Crippen LogP contribution is 2.20. The standard InChI is InChI=1S/C10H7BrN2O/c1-2-10(14)13-9-5-8(11)4-3-7(9)6-12/h2-5H,1H2,(H,13,14). The Morgan fingerprint density at radius 1 is 1.64 bits per heavy atom. The van der Waals surface area contributed by atoms with Crippen LogP contribution in [0.4, 0.5) is 5.69 Å². The lowest BCUT2D eigenvalue weighted by Crippen LogP contribution is -2.08. The van der Waals surface area contributed by atoms with Crippen molar-refractivity contribution < 1.29 is 4.79 Å². The van der Waals surface area contributed by atoms with Crippen molar-refractivity contribution in [2.75, 3.05) is 5.32 Å². The summed E-state index contributed by atoms with van der Waals surface area (Å²) in [5.41, 5.74) is 0.898. The van der Waals surface area contributed by atoms with Gasteiger partial charge in [0, 0.05) is 4.47 Å². The second-order valence-corrected chi connectivity index (χ2v) is 3.41. The van der Waals surface area contributed by atoms with Crippen molar-refractivity contribution in [2.45, 2.75) is 0 Å². The maximum Gasteiger partial charge on any atom is 0.247 e. The molecule has 1 amide bonds. The van der Waals surface area contributed by atoms with E-state index in [4.69, 9.17) is 5.26 Å². The van der Waals surface area contributed by atoms with Crippen LogP contribution in [0.15, 0.2) is 35.3 Å². The first-order valence-corrected chi connectivity index (χ1v) is 4.59. The molecule has 1 rings (SSSR count). The Morgan fingerprint density at radius 3 is 2.93 bits per heavy atom. The van der Waals surface area contributed by atoms with Gasteiger partial charge < -0.3 is 5.32 Å². The second kappa shape index (κ2) is 4.58. The van der Waals surface area contributed by atoms with Crippen molar-refractivity contribution in [3.63, 3.8) is 0 Å². The number of halogens is 1. The summed E-state index contributed by atoms with van der Waals surface area (Å²) in [7, 11) is 0. The zero-order chi connectivity index (χ0) is 10.6. The molecule has 1 aromatic carbocycles. The molecule has 0 saturated carbocycles. The third-order valence-corrected chi connectivity index (χ3v) is 2.04. The molecule has 0 bridgehead atoms. The predicted molar refractivity (Wildman–Crippen MR) is 57.7 cm³/mol. The van der Waals surface area contributed by atoms with E-state index >= 15 is 0 Å². The van der Waals surface area contributed by atoms with E-state index in [2.05, 4.69) is 27.8 Å². The number of amides is 1. The monoisotopic (exact) mass is 250 g/mol. The second-order valence-electron chi connectivity index (χ2n) is 2.50. The average molecular weight is 251 g/mol. The molecule has 0 heterocycles. The van der Waals surface area contributed by atoms with Gasteiger partial charge in [0.2, 0.25) is 5.91 Å². The molecular formula is C10H7BrN2O. The van der Waals surface area contributed by atoms with E-state index in [1.54, 1.807) is 18.2 Å². The number of rotatable bonds is 2. The summed E-state index contributed by atoms with van der Waals surface area (Å²) in [5, 5.41) is 11.3. The van der Waals surface area contributed by atoms with Gasteiger partial charge in [0.1, 0.15) is 6.07 Å². The summed E-state index contributed by atoms with van der Waals surface area (Å²) >= 11 is 3.25. The highest BCUT2D eigenvalue weighted by atomic mass is 79.9. The number of hydrogen-bond donors (Lipinski definition) is 1. The average Bonchev–Trinajstić information content (AvgIpc) is 2.18. The minimum absolute atomic E-state index is 0.334. The normalized spacial score (nSPS) is 8.86. The minimum Gasteiger partial charge on any atom is -0.321 e. The highest BCUT2D eigenvalue weighted by molar-refractivity contribution is 9.10. The lowest BCUT2D eigenvalue weighted by molar-refractivity contribution is -0.111. The number of nitrogens with zero attached hydrogens (tertiary/aromatic N) is 1. The molecule has 3 nitrogen and oxygen atoms in total. The van der Waals surface area contributed by atoms with Gasteiger partial charge in [-0.1, -0.05) is 22.5 Å². The molecule has 0 aliphatic carbocycles. The van der Waals surface area contributed by atoms with E-state index in [1.165, 1.54) is 0 Å². The van der Waals surface area contributed by atoms with Gasteiger partial charge in [-0.05, 0) is 24.3 Å². The number of carbonyl (C=O) groups is 1. The van der Waals surface area contributed by atoms with Gasteiger partial charge in [-0.15, -0.1) is 0 Å². The van der Waals surface area contributed by atoms with Gasteiger partial charge in [-0.2, -0.15) is 5.26 Å². The molecule has 0 spiro atoms. The van der Waals surface area contributed by atoms with Gasteiger partial charge in [0.15, 0.2) is 0 Å². The van der Waals surface area contributed by atoms with E-state index in [9.17, 15) is 4.79 Å². The Morgan fingerprint density at radius 2 is 2.36 bits per heavy atom. The molecule has 4 heteroatoms. The molecule has 1 aromatic rings. The maximum absolute atomic E-state index is 11.0. The number of benzene rings is 1. The Hall–Kier alpha value is -1.60. The van der Waals surface area contributed by atoms with E-state index in [1.807, 2.05) is 6.07 Å². The zero-order valence-electron chi connectivity index (χ0n) is 7.25. The predicted octanol–water partition coefficient (Wildman–Crippen LogP) is 2.45. The van der Waals surface area contributed by atoms with Crippen LogP contribution in [0.2, 0.25) is 0 Å². The number of carbonyl (C=O) groups excluding carboxylic acids is 1. The smallest absolute Gasteiger partial charge is 0.247 e. The van der Waals surface area contributed by atoms with E-state index in [0.29, 0.717) is 11.3 Å². The molecule has 0 aliphatic heterocycles. The van der Waals surface area contributed by atoms with Gasteiger partial charge in [0.05, 0.1) is 11.3 Å². The van der Waals surface area contributed by atoms with Crippen molar-refractivity contribution in [3.8, 4) is 6.07 Å². The molecule has 0 aromatic heterocycles. The Labute approximate surface area is 90.2 Å². The van der Waals surface area contributed by atoms with Gasteiger partial charge >= 0.3 is 0 Å². The van der Waals surface area contributed by atoms with Crippen LogP contribution in [0.1, 0.15) is 5.56 Å². The highest BCUT2D eigenvalue weighted by Gasteiger charge is 2.04. The van der Waals surface area contributed by atoms with Crippen LogP contribution in [0.3, 0.4) is 0 Å². The summed E-state index contributed by atoms with van der Waals surface area (Å²) in [6.07, 6.45) is 1.15. The largest absolute Gasteiger partial charge is 0.321 e. The number of anilines is 1. The first-order valence-electron chi connectivity index (χ1n) is 3.80. The van der Waals surface area contributed by atoms with Crippen LogP contribution in [0.5, 0.6) is 0 Å². The first-order chi connectivity index (χ1) is 6.67. The molecule has 1 N–H and O–H groups in total. The van der Waals surface area contributed by atoms with Gasteiger partial charge in [-0.25, -0.2) is 0 Å². The molecule has 0 unspecified atom stereocenters. The molecule has 0 atom stereocenters. The third kappa shape index (κ3) is 2.44. The Balaban J connectivity index is 3.06. The molecule has 70 valence electrons. The molecule has 14 heavy (non-hydrogen) atoms. The van der Waals surface area contributed by atoms with Crippen molar-refractivity contribution in [2.24, 2.45) is 0 Å². The van der Waals surface area contributed by atoms with Crippen molar-refractivity contribution in [1.29, 1.82) is 5.26 Å². The summed E-state index contributed by atoms with van der Waals surface area (Å²) in [6, 6.07) is 7.01. The Bertz CT molecular complexity index is 421. The summed E-state index contributed by atoms with van der Waals surface area (Å²) in [6.45, 7) is 3.33. The maximum atomic E-state index is 11.0. The van der Waals surface area contributed by atoms with Crippen LogP contribution in [0, 0.1) is 11.3 Å². The molecule has 0 saturated heterocycles. The van der Waals surface area contributed by atoms with E-state index in [0.717, 1.165) is 10.5 Å². The van der Waals surface area contributed by atoms with Crippen LogP contribution in [-0.4, -0.2) is 5.91 Å². The number of hydrogen-bond acceptors (Lipinski definition) is 2. The fourth-order valence-electron chi connectivity index (χ4n) is 0.901. The SMILES string of the molecule is C=CC(=O)Nc1cc(Br)ccc1C#N.